The van der Waals surface area contributed by atoms with Crippen LogP contribution in [-0.4, -0.2) is 36.3 Å². The van der Waals surface area contributed by atoms with Crippen LogP contribution in [0.4, 0.5) is 4.39 Å². The van der Waals surface area contributed by atoms with E-state index in [4.69, 9.17) is 0 Å². The van der Waals surface area contributed by atoms with Gasteiger partial charge in [0.1, 0.15) is 5.82 Å². The summed E-state index contributed by atoms with van der Waals surface area (Å²) in [4.78, 5) is 25.1. The van der Waals surface area contributed by atoms with E-state index >= 15 is 0 Å². The second kappa shape index (κ2) is 5.62. The Labute approximate surface area is 105 Å². The van der Waals surface area contributed by atoms with E-state index in [9.17, 15) is 14.0 Å². The number of nitrogens with zero attached hydrogens (tertiary/aromatic N) is 1. The molecular weight excluding hydrogens is 235 g/mol. The number of benzene rings is 1. The molecule has 1 saturated heterocycles. The lowest BCUT2D eigenvalue weighted by Crippen LogP contribution is -2.38. The average Bonchev–Trinajstić information content (AvgIpc) is 2.89. The van der Waals surface area contributed by atoms with Crippen molar-refractivity contribution in [3.63, 3.8) is 0 Å². The Morgan fingerprint density at radius 1 is 1.28 bits per heavy atom. The van der Waals surface area contributed by atoms with Gasteiger partial charge in [0.15, 0.2) is 0 Å². The molecule has 1 aromatic rings. The third-order valence-corrected chi connectivity index (χ3v) is 2.95. The number of likely N-dealkylation sites (tertiary alicyclic amines) is 1. The van der Waals surface area contributed by atoms with Crippen LogP contribution in [0.5, 0.6) is 0 Å². The lowest BCUT2D eigenvalue weighted by atomic mass is 10.2. The molecule has 0 bridgehead atoms. The first-order valence-electron chi connectivity index (χ1n) is 5.98. The van der Waals surface area contributed by atoms with Crippen LogP contribution in [0.1, 0.15) is 23.2 Å². The SMILES string of the molecule is O=C(NCC(=O)N1CCCC1)c1cccc(F)c1. The summed E-state index contributed by atoms with van der Waals surface area (Å²) in [6.45, 7) is 1.48. The van der Waals surface area contributed by atoms with Crippen LogP contribution in [-0.2, 0) is 4.79 Å². The third-order valence-electron chi connectivity index (χ3n) is 2.95. The molecule has 1 N–H and O–H groups in total. The zero-order valence-corrected chi connectivity index (χ0v) is 9.99. The molecule has 1 aromatic carbocycles. The van der Waals surface area contributed by atoms with Gasteiger partial charge in [0.05, 0.1) is 6.54 Å². The van der Waals surface area contributed by atoms with Gasteiger partial charge in [-0.1, -0.05) is 6.07 Å². The van der Waals surface area contributed by atoms with Crippen LogP contribution in [0, 0.1) is 5.82 Å². The predicted octanol–water partition coefficient (Wildman–Crippen LogP) is 1.18. The Balaban J connectivity index is 1.86. The van der Waals surface area contributed by atoms with Gasteiger partial charge in [-0.15, -0.1) is 0 Å². The molecule has 96 valence electrons. The van der Waals surface area contributed by atoms with E-state index in [1.165, 1.54) is 18.2 Å². The molecule has 1 aliphatic heterocycles. The van der Waals surface area contributed by atoms with E-state index < -0.39 is 11.7 Å². The van der Waals surface area contributed by atoms with Crippen LogP contribution in [0.2, 0.25) is 0 Å². The topological polar surface area (TPSA) is 49.4 Å². The molecule has 1 heterocycles. The molecule has 0 saturated carbocycles. The second-order valence-corrected chi connectivity index (χ2v) is 4.28. The highest BCUT2D eigenvalue weighted by Crippen LogP contribution is 2.07. The number of rotatable bonds is 3. The number of nitrogens with one attached hydrogen (secondary N) is 1. The molecule has 0 unspecified atom stereocenters. The highest BCUT2D eigenvalue weighted by atomic mass is 19.1. The molecule has 4 nitrogen and oxygen atoms in total. The molecule has 0 aromatic heterocycles. The van der Waals surface area contributed by atoms with Crippen molar-refractivity contribution in [1.82, 2.24) is 10.2 Å². The van der Waals surface area contributed by atoms with Gasteiger partial charge in [-0.3, -0.25) is 9.59 Å². The molecule has 18 heavy (non-hydrogen) atoms. The summed E-state index contributed by atoms with van der Waals surface area (Å²) >= 11 is 0. The van der Waals surface area contributed by atoms with Gasteiger partial charge in [-0.25, -0.2) is 4.39 Å². The monoisotopic (exact) mass is 250 g/mol. The highest BCUT2D eigenvalue weighted by Gasteiger charge is 2.18. The first-order valence-corrected chi connectivity index (χ1v) is 5.98. The van der Waals surface area contributed by atoms with Crippen LogP contribution in [0.25, 0.3) is 0 Å². The number of halogens is 1. The van der Waals surface area contributed by atoms with Crippen LogP contribution in [0.15, 0.2) is 24.3 Å². The maximum absolute atomic E-state index is 12.9. The minimum atomic E-state index is -0.464. The van der Waals surface area contributed by atoms with Crippen molar-refractivity contribution >= 4 is 11.8 Å². The number of amides is 2. The average molecular weight is 250 g/mol. The van der Waals surface area contributed by atoms with E-state index in [0.717, 1.165) is 32.0 Å². The fourth-order valence-corrected chi connectivity index (χ4v) is 1.97. The van der Waals surface area contributed by atoms with Crippen molar-refractivity contribution in [3.05, 3.63) is 35.6 Å². The normalized spacial score (nSPS) is 14.6. The molecule has 2 rings (SSSR count). The van der Waals surface area contributed by atoms with Crippen molar-refractivity contribution in [1.29, 1.82) is 0 Å². The maximum Gasteiger partial charge on any atom is 0.251 e. The zero-order chi connectivity index (χ0) is 13.0. The summed E-state index contributed by atoms with van der Waals surface area (Å²) in [5, 5.41) is 2.51. The van der Waals surface area contributed by atoms with Gasteiger partial charge in [0, 0.05) is 18.7 Å². The quantitative estimate of drug-likeness (QED) is 0.875. The van der Waals surface area contributed by atoms with Gasteiger partial charge >= 0.3 is 0 Å². The predicted molar refractivity (Wildman–Crippen MR) is 64.5 cm³/mol. The van der Waals surface area contributed by atoms with E-state index in [1.54, 1.807) is 4.90 Å². The Morgan fingerprint density at radius 2 is 2.00 bits per heavy atom. The first-order chi connectivity index (χ1) is 8.66. The van der Waals surface area contributed by atoms with E-state index in [0.29, 0.717) is 0 Å². The summed E-state index contributed by atoms with van der Waals surface area (Å²) in [5.41, 5.74) is 0.226. The van der Waals surface area contributed by atoms with Crippen molar-refractivity contribution in [2.75, 3.05) is 19.6 Å². The number of hydrogen-bond donors (Lipinski definition) is 1. The molecular formula is C13H15FN2O2. The van der Waals surface area contributed by atoms with Crippen LogP contribution in [0.3, 0.4) is 0 Å². The molecule has 0 radical (unpaired) electrons. The Hall–Kier alpha value is -1.91. The maximum atomic E-state index is 12.9. The Morgan fingerprint density at radius 3 is 2.67 bits per heavy atom. The summed E-state index contributed by atoms with van der Waals surface area (Å²) in [7, 11) is 0. The molecule has 2 amide bonds. The molecule has 0 atom stereocenters. The van der Waals surface area contributed by atoms with Crippen molar-refractivity contribution in [2.45, 2.75) is 12.8 Å². The summed E-state index contributed by atoms with van der Waals surface area (Å²) < 4.78 is 12.9. The van der Waals surface area contributed by atoms with E-state index in [-0.39, 0.29) is 18.0 Å². The Kier molecular flexibility index (Phi) is 3.92. The lowest BCUT2D eigenvalue weighted by molar-refractivity contribution is -0.129. The van der Waals surface area contributed by atoms with Crippen LogP contribution < -0.4 is 5.32 Å². The molecule has 1 fully saturated rings. The third kappa shape index (κ3) is 3.06. The number of carbonyl (C=O) groups is 2. The second-order valence-electron chi connectivity index (χ2n) is 4.28. The molecule has 5 heteroatoms. The minimum absolute atomic E-state index is 0.0324. The largest absolute Gasteiger partial charge is 0.343 e. The fraction of sp³-hybridized carbons (Fsp3) is 0.385. The van der Waals surface area contributed by atoms with Crippen LogP contribution >= 0.6 is 0 Å². The van der Waals surface area contributed by atoms with Gasteiger partial charge < -0.3 is 10.2 Å². The minimum Gasteiger partial charge on any atom is -0.343 e. The molecule has 0 aliphatic carbocycles. The van der Waals surface area contributed by atoms with Crippen molar-refractivity contribution in [3.8, 4) is 0 Å². The number of hydrogen-bond acceptors (Lipinski definition) is 2. The molecule has 1 aliphatic rings. The lowest BCUT2D eigenvalue weighted by Gasteiger charge is -2.15. The Bertz CT molecular complexity index is 456. The van der Waals surface area contributed by atoms with Gasteiger partial charge in [0.2, 0.25) is 5.91 Å². The fourth-order valence-electron chi connectivity index (χ4n) is 1.97. The standard InChI is InChI=1S/C13H15FN2O2/c14-11-5-3-4-10(8-11)13(18)15-9-12(17)16-6-1-2-7-16/h3-5,8H,1-2,6-7,9H2,(H,15,18). The first kappa shape index (κ1) is 12.5. The van der Waals surface area contributed by atoms with E-state index in [1.807, 2.05) is 0 Å². The molecule has 0 spiro atoms. The van der Waals surface area contributed by atoms with E-state index in [2.05, 4.69) is 5.32 Å². The smallest absolute Gasteiger partial charge is 0.251 e. The number of carbonyl (C=O) groups excluding carboxylic acids is 2. The zero-order valence-electron chi connectivity index (χ0n) is 9.99. The summed E-state index contributed by atoms with van der Waals surface area (Å²) in [5.74, 6) is -0.979. The highest BCUT2D eigenvalue weighted by molar-refractivity contribution is 5.96. The van der Waals surface area contributed by atoms with Gasteiger partial charge in [-0.2, -0.15) is 0 Å². The van der Waals surface area contributed by atoms with Gasteiger partial charge in [0.25, 0.3) is 5.91 Å². The summed E-state index contributed by atoms with van der Waals surface area (Å²) in [6.07, 6.45) is 2.03. The summed E-state index contributed by atoms with van der Waals surface area (Å²) in [6, 6.07) is 5.40. The van der Waals surface area contributed by atoms with Crippen molar-refractivity contribution < 1.29 is 14.0 Å². The van der Waals surface area contributed by atoms with Gasteiger partial charge in [-0.05, 0) is 31.0 Å². The van der Waals surface area contributed by atoms with Crippen molar-refractivity contribution in [2.24, 2.45) is 0 Å².